The van der Waals surface area contributed by atoms with Gasteiger partial charge in [-0.15, -0.1) is 0 Å². The maximum absolute atomic E-state index is 12.1. The van der Waals surface area contributed by atoms with Gasteiger partial charge in [0.2, 0.25) is 0 Å². The minimum absolute atomic E-state index is 0.146. The quantitative estimate of drug-likeness (QED) is 0.368. The molecule has 1 aromatic heterocycles. The number of hydrogen-bond acceptors (Lipinski definition) is 4. The molecule has 2 aromatic rings. The summed E-state index contributed by atoms with van der Waals surface area (Å²) < 4.78 is 0.603. The average Bonchev–Trinajstić information content (AvgIpc) is 2.41. The van der Waals surface area contributed by atoms with Crippen molar-refractivity contribution in [1.29, 1.82) is 0 Å². The Morgan fingerprint density at radius 2 is 2.15 bits per heavy atom. The molecule has 0 fully saturated rings. The Labute approximate surface area is 132 Å². The predicted molar refractivity (Wildman–Crippen MR) is 83.0 cm³/mol. The lowest BCUT2D eigenvalue weighted by atomic mass is 10.2. The summed E-state index contributed by atoms with van der Waals surface area (Å²) in [5, 5.41) is 13.5. The van der Waals surface area contributed by atoms with Crippen molar-refractivity contribution in [3.63, 3.8) is 0 Å². The normalized spacial score (nSPS) is 10.1. The summed E-state index contributed by atoms with van der Waals surface area (Å²) in [5.41, 5.74) is 0.411. The highest BCUT2D eigenvalue weighted by atomic mass is 127. The van der Waals surface area contributed by atoms with Crippen LogP contribution in [0.2, 0.25) is 5.15 Å². The molecular formula is C12H7ClIN3O3. The highest BCUT2D eigenvalue weighted by Crippen LogP contribution is 2.23. The standard InChI is InChI=1S/C12H7ClIN3O3/c13-11-10(2-1-5-15-11)16-12(18)8-6-7(17(19)20)3-4-9(8)14/h1-6H,(H,16,18). The van der Waals surface area contributed by atoms with Crippen LogP contribution in [0.15, 0.2) is 36.5 Å². The van der Waals surface area contributed by atoms with Crippen LogP contribution in [0.5, 0.6) is 0 Å². The van der Waals surface area contributed by atoms with Crippen LogP contribution in [-0.4, -0.2) is 15.8 Å². The van der Waals surface area contributed by atoms with E-state index < -0.39 is 10.8 Å². The number of carbonyl (C=O) groups excluding carboxylic acids is 1. The molecule has 1 N–H and O–H groups in total. The third kappa shape index (κ3) is 3.23. The minimum Gasteiger partial charge on any atom is -0.319 e. The van der Waals surface area contributed by atoms with Crippen LogP contribution in [0, 0.1) is 13.7 Å². The zero-order valence-electron chi connectivity index (χ0n) is 9.84. The lowest BCUT2D eigenvalue weighted by Gasteiger charge is -2.07. The third-order valence-corrected chi connectivity index (χ3v) is 3.65. The molecule has 1 amide bonds. The molecule has 1 aromatic carbocycles. The summed E-state index contributed by atoms with van der Waals surface area (Å²) in [5.74, 6) is -0.479. The van der Waals surface area contributed by atoms with Crippen molar-refractivity contribution in [1.82, 2.24) is 4.98 Å². The molecule has 0 atom stereocenters. The van der Waals surface area contributed by atoms with Crippen molar-refractivity contribution in [2.75, 3.05) is 5.32 Å². The average molecular weight is 404 g/mol. The number of amides is 1. The molecule has 102 valence electrons. The Morgan fingerprint density at radius 3 is 2.80 bits per heavy atom. The predicted octanol–water partition coefficient (Wildman–Crippen LogP) is 3.50. The molecule has 0 aliphatic carbocycles. The molecule has 0 unspecified atom stereocenters. The number of nitrogens with one attached hydrogen (secondary N) is 1. The van der Waals surface area contributed by atoms with Crippen molar-refractivity contribution >= 4 is 51.5 Å². The van der Waals surface area contributed by atoms with Crippen LogP contribution in [0.1, 0.15) is 10.4 Å². The van der Waals surface area contributed by atoms with Gasteiger partial charge in [-0.05, 0) is 40.8 Å². The maximum atomic E-state index is 12.1. The van der Waals surface area contributed by atoms with E-state index in [0.717, 1.165) is 0 Å². The molecule has 2 rings (SSSR count). The topological polar surface area (TPSA) is 85.1 Å². The number of anilines is 1. The van der Waals surface area contributed by atoms with Crippen LogP contribution in [0.4, 0.5) is 11.4 Å². The molecule has 0 aliphatic heterocycles. The second-order valence-corrected chi connectivity index (χ2v) is 5.24. The fraction of sp³-hybridized carbons (Fsp3) is 0. The SMILES string of the molecule is O=C(Nc1cccnc1Cl)c1cc([N+](=O)[O-])ccc1I. The number of nitro groups is 1. The molecule has 0 spiro atoms. The van der Waals surface area contributed by atoms with Gasteiger partial charge in [-0.1, -0.05) is 11.6 Å². The number of benzene rings is 1. The lowest BCUT2D eigenvalue weighted by Crippen LogP contribution is -2.14. The molecule has 20 heavy (non-hydrogen) atoms. The van der Waals surface area contributed by atoms with Crippen molar-refractivity contribution in [3.8, 4) is 0 Å². The fourth-order valence-electron chi connectivity index (χ4n) is 1.47. The smallest absolute Gasteiger partial charge is 0.270 e. The van der Waals surface area contributed by atoms with Gasteiger partial charge < -0.3 is 5.32 Å². The second-order valence-electron chi connectivity index (χ2n) is 3.72. The van der Waals surface area contributed by atoms with Gasteiger partial charge in [-0.3, -0.25) is 14.9 Å². The summed E-state index contributed by atoms with van der Waals surface area (Å²) in [7, 11) is 0. The Morgan fingerprint density at radius 1 is 1.40 bits per heavy atom. The second kappa shape index (κ2) is 6.14. The molecular weight excluding hydrogens is 397 g/mol. The van der Waals surface area contributed by atoms with E-state index in [0.29, 0.717) is 9.26 Å². The number of non-ortho nitro benzene ring substituents is 1. The molecule has 1 heterocycles. The lowest BCUT2D eigenvalue weighted by molar-refractivity contribution is -0.384. The van der Waals surface area contributed by atoms with E-state index in [4.69, 9.17) is 11.6 Å². The van der Waals surface area contributed by atoms with Crippen LogP contribution < -0.4 is 5.32 Å². The van der Waals surface area contributed by atoms with E-state index in [1.165, 1.54) is 24.4 Å². The van der Waals surface area contributed by atoms with E-state index in [1.807, 2.05) is 22.6 Å². The number of carbonyl (C=O) groups is 1. The summed E-state index contributed by atoms with van der Waals surface area (Å²) in [6.45, 7) is 0. The van der Waals surface area contributed by atoms with E-state index in [2.05, 4.69) is 10.3 Å². The van der Waals surface area contributed by atoms with Gasteiger partial charge in [0.05, 0.1) is 16.2 Å². The van der Waals surface area contributed by atoms with Crippen LogP contribution in [0.25, 0.3) is 0 Å². The molecule has 0 saturated heterocycles. The van der Waals surface area contributed by atoms with Gasteiger partial charge in [0.15, 0.2) is 5.15 Å². The Balaban J connectivity index is 2.32. The van der Waals surface area contributed by atoms with Crippen LogP contribution in [0.3, 0.4) is 0 Å². The fourth-order valence-corrected chi connectivity index (χ4v) is 2.22. The van der Waals surface area contributed by atoms with E-state index in [9.17, 15) is 14.9 Å². The van der Waals surface area contributed by atoms with Crippen molar-refractivity contribution < 1.29 is 9.72 Å². The molecule has 6 nitrogen and oxygen atoms in total. The largest absolute Gasteiger partial charge is 0.319 e. The number of nitro benzene ring substituents is 1. The summed E-state index contributed by atoms with van der Waals surface area (Å²) in [6.07, 6.45) is 1.50. The summed E-state index contributed by atoms with van der Waals surface area (Å²) in [6, 6.07) is 7.30. The Kier molecular flexibility index (Phi) is 4.50. The van der Waals surface area contributed by atoms with Gasteiger partial charge in [-0.2, -0.15) is 0 Å². The van der Waals surface area contributed by atoms with E-state index >= 15 is 0 Å². The Bertz CT molecular complexity index is 693. The number of nitrogens with zero attached hydrogens (tertiary/aromatic N) is 2. The number of halogens is 2. The number of rotatable bonds is 3. The van der Waals surface area contributed by atoms with Gasteiger partial charge in [0.25, 0.3) is 11.6 Å². The first kappa shape index (κ1) is 14.7. The number of hydrogen-bond donors (Lipinski definition) is 1. The maximum Gasteiger partial charge on any atom is 0.270 e. The van der Waals surface area contributed by atoms with Crippen LogP contribution in [-0.2, 0) is 0 Å². The number of aromatic nitrogens is 1. The van der Waals surface area contributed by atoms with Gasteiger partial charge in [0, 0.05) is 21.9 Å². The van der Waals surface area contributed by atoms with Crippen LogP contribution >= 0.6 is 34.2 Å². The molecule has 0 aliphatic rings. The zero-order valence-corrected chi connectivity index (χ0v) is 12.8. The van der Waals surface area contributed by atoms with Gasteiger partial charge >= 0.3 is 0 Å². The zero-order chi connectivity index (χ0) is 14.7. The molecule has 0 radical (unpaired) electrons. The van der Waals surface area contributed by atoms with Gasteiger partial charge in [0.1, 0.15) is 0 Å². The molecule has 0 saturated carbocycles. The Hall–Kier alpha value is -1.74. The third-order valence-electron chi connectivity index (χ3n) is 2.41. The van der Waals surface area contributed by atoms with Crippen molar-refractivity contribution in [2.24, 2.45) is 0 Å². The van der Waals surface area contributed by atoms with E-state index in [-0.39, 0.29) is 16.4 Å². The first-order valence-electron chi connectivity index (χ1n) is 5.35. The minimum atomic E-state index is -0.552. The first-order valence-corrected chi connectivity index (χ1v) is 6.80. The first-order chi connectivity index (χ1) is 9.49. The van der Waals surface area contributed by atoms with Crippen molar-refractivity contribution in [2.45, 2.75) is 0 Å². The molecule has 8 heteroatoms. The number of pyridine rings is 1. The monoisotopic (exact) mass is 403 g/mol. The highest BCUT2D eigenvalue weighted by molar-refractivity contribution is 14.1. The highest BCUT2D eigenvalue weighted by Gasteiger charge is 2.16. The van der Waals surface area contributed by atoms with E-state index in [1.54, 1.807) is 12.1 Å². The van der Waals surface area contributed by atoms with Gasteiger partial charge in [-0.25, -0.2) is 4.98 Å². The molecule has 0 bridgehead atoms. The summed E-state index contributed by atoms with van der Waals surface area (Å²) >= 11 is 7.78. The summed E-state index contributed by atoms with van der Waals surface area (Å²) in [4.78, 5) is 26.2. The van der Waals surface area contributed by atoms with Crippen molar-refractivity contribution in [3.05, 3.63) is 60.9 Å².